The van der Waals surface area contributed by atoms with E-state index in [2.05, 4.69) is 27.4 Å². The Morgan fingerprint density at radius 3 is 2.52 bits per heavy atom. The van der Waals surface area contributed by atoms with Crippen LogP contribution in [0.15, 0.2) is 72.4 Å². The molecule has 1 heterocycles. The molecule has 0 fully saturated rings. The second-order valence-corrected chi connectivity index (χ2v) is 6.48. The number of amides is 1. The van der Waals surface area contributed by atoms with Crippen molar-refractivity contribution >= 4 is 29.1 Å². The van der Waals surface area contributed by atoms with Crippen molar-refractivity contribution in [2.45, 2.75) is 11.7 Å². The number of thioether (sulfide) groups is 1. The molecule has 2 aromatic carbocycles. The highest BCUT2D eigenvalue weighted by Gasteiger charge is 2.12. The Balaban J connectivity index is 1.58. The number of carbonyl (C=O) groups excluding carboxylic acids is 2. The number of benzene rings is 2. The molecule has 1 aromatic heterocycles. The maximum Gasteiger partial charge on any atom is 0.255 e. The number of hydrogen-bond acceptors (Lipinski definition) is 6. The van der Waals surface area contributed by atoms with Gasteiger partial charge >= 0.3 is 0 Å². The van der Waals surface area contributed by atoms with Crippen molar-refractivity contribution in [2.75, 3.05) is 11.1 Å². The van der Waals surface area contributed by atoms with Gasteiger partial charge in [0.1, 0.15) is 0 Å². The first-order valence-electron chi connectivity index (χ1n) is 8.17. The number of nitrogens with zero attached hydrogens (tertiary/aromatic N) is 4. The van der Waals surface area contributed by atoms with Gasteiger partial charge in [0.25, 0.3) is 5.91 Å². The molecule has 3 rings (SSSR count). The van der Waals surface area contributed by atoms with Crippen LogP contribution in [0.1, 0.15) is 20.7 Å². The van der Waals surface area contributed by atoms with Crippen LogP contribution < -0.4 is 5.32 Å². The second kappa shape index (κ2) is 8.91. The molecule has 27 heavy (non-hydrogen) atoms. The van der Waals surface area contributed by atoms with Gasteiger partial charge in [-0.25, -0.2) is 4.68 Å². The third-order valence-electron chi connectivity index (χ3n) is 3.63. The van der Waals surface area contributed by atoms with E-state index in [4.69, 9.17) is 0 Å². The first-order valence-corrected chi connectivity index (χ1v) is 9.15. The van der Waals surface area contributed by atoms with Gasteiger partial charge in [-0.2, -0.15) is 0 Å². The molecular weight excluding hydrogens is 362 g/mol. The molecule has 0 radical (unpaired) electrons. The Labute approximate surface area is 160 Å². The Morgan fingerprint density at radius 1 is 1.07 bits per heavy atom. The van der Waals surface area contributed by atoms with E-state index in [1.807, 2.05) is 6.07 Å². The van der Waals surface area contributed by atoms with Crippen LogP contribution in [0.25, 0.3) is 0 Å². The van der Waals surface area contributed by atoms with Gasteiger partial charge < -0.3 is 5.32 Å². The summed E-state index contributed by atoms with van der Waals surface area (Å²) in [5, 5.41) is 14.7. The highest BCUT2D eigenvalue weighted by Crippen LogP contribution is 2.17. The van der Waals surface area contributed by atoms with E-state index >= 15 is 0 Å². The molecular formula is C19H17N5O2S. The Kier molecular flexibility index (Phi) is 6.11. The number of ketones is 1. The van der Waals surface area contributed by atoms with E-state index < -0.39 is 0 Å². The number of hydrogen-bond donors (Lipinski definition) is 1. The molecule has 3 aromatic rings. The first-order chi connectivity index (χ1) is 13.2. The number of Topliss-reactive ketones (excluding diaryl/α,β-unsaturated/α-hetero) is 1. The van der Waals surface area contributed by atoms with Gasteiger partial charge in [0.15, 0.2) is 5.78 Å². The first kappa shape index (κ1) is 18.5. The summed E-state index contributed by atoms with van der Waals surface area (Å²) in [5.74, 6) is -0.0267. The summed E-state index contributed by atoms with van der Waals surface area (Å²) in [5.41, 5.74) is 1.76. The number of allylic oxidation sites excluding steroid dienone is 1. The van der Waals surface area contributed by atoms with Crippen LogP contribution in [-0.2, 0) is 6.54 Å². The van der Waals surface area contributed by atoms with Gasteiger partial charge in [-0.1, -0.05) is 36.0 Å². The minimum atomic E-state index is -0.195. The molecule has 136 valence electrons. The number of anilines is 1. The molecule has 8 heteroatoms. The van der Waals surface area contributed by atoms with Crippen LogP contribution >= 0.6 is 11.8 Å². The predicted octanol–water partition coefficient (Wildman–Crippen LogP) is 3.09. The summed E-state index contributed by atoms with van der Waals surface area (Å²) >= 11 is 1.27. The standard InChI is InChI=1S/C19H17N5O2S/c1-2-12-24-19(21-22-23-24)27-13-17(25)14-8-10-16(11-9-14)20-18(26)15-6-4-3-5-7-15/h2-11H,1,12-13H2,(H,20,26). The largest absolute Gasteiger partial charge is 0.322 e. The Hall–Kier alpha value is -3.26. The van der Waals surface area contributed by atoms with Crippen molar-refractivity contribution in [3.8, 4) is 0 Å². The number of aromatic nitrogens is 4. The van der Waals surface area contributed by atoms with Crippen LogP contribution in [0, 0.1) is 0 Å². The van der Waals surface area contributed by atoms with Crippen molar-refractivity contribution < 1.29 is 9.59 Å². The van der Waals surface area contributed by atoms with Gasteiger partial charge in [0, 0.05) is 16.8 Å². The molecule has 0 aliphatic heterocycles. The van der Waals surface area contributed by atoms with E-state index in [0.29, 0.717) is 28.5 Å². The zero-order valence-electron chi connectivity index (χ0n) is 14.4. The molecule has 1 amide bonds. The van der Waals surface area contributed by atoms with Gasteiger partial charge in [-0.15, -0.1) is 11.7 Å². The van der Waals surface area contributed by atoms with E-state index in [-0.39, 0.29) is 17.4 Å². The van der Waals surface area contributed by atoms with Crippen molar-refractivity contribution in [2.24, 2.45) is 0 Å². The zero-order chi connectivity index (χ0) is 19.1. The molecule has 0 atom stereocenters. The van der Waals surface area contributed by atoms with E-state index in [1.165, 1.54) is 11.8 Å². The average Bonchev–Trinajstić information content (AvgIpc) is 3.15. The zero-order valence-corrected chi connectivity index (χ0v) is 15.2. The third kappa shape index (κ3) is 4.89. The Bertz CT molecular complexity index is 938. The topological polar surface area (TPSA) is 89.8 Å². The number of carbonyl (C=O) groups is 2. The van der Waals surface area contributed by atoms with Gasteiger partial charge in [0.2, 0.25) is 5.16 Å². The maximum absolute atomic E-state index is 12.4. The highest BCUT2D eigenvalue weighted by molar-refractivity contribution is 7.99. The lowest BCUT2D eigenvalue weighted by Crippen LogP contribution is -2.12. The van der Waals surface area contributed by atoms with Crippen LogP contribution in [0.2, 0.25) is 0 Å². The van der Waals surface area contributed by atoms with Crippen molar-refractivity contribution in [1.29, 1.82) is 0 Å². The van der Waals surface area contributed by atoms with Crippen molar-refractivity contribution in [3.63, 3.8) is 0 Å². The lowest BCUT2D eigenvalue weighted by molar-refractivity contribution is 0.101. The fourth-order valence-corrected chi connectivity index (χ4v) is 3.06. The number of tetrazole rings is 1. The Morgan fingerprint density at radius 2 is 1.81 bits per heavy atom. The minimum absolute atomic E-state index is 0.0471. The smallest absolute Gasteiger partial charge is 0.255 e. The summed E-state index contributed by atoms with van der Waals surface area (Å²) in [6, 6.07) is 15.7. The molecule has 0 aliphatic carbocycles. The molecule has 1 N–H and O–H groups in total. The summed E-state index contributed by atoms with van der Waals surface area (Å²) in [6.45, 7) is 4.13. The monoisotopic (exact) mass is 379 g/mol. The normalized spacial score (nSPS) is 10.4. The second-order valence-electron chi connectivity index (χ2n) is 5.54. The van der Waals surface area contributed by atoms with E-state index in [9.17, 15) is 9.59 Å². The SMILES string of the molecule is C=CCn1nnnc1SCC(=O)c1ccc(NC(=O)c2ccccc2)cc1. The van der Waals surface area contributed by atoms with Gasteiger partial charge in [0.05, 0.1) is 12.3 Å². The predicted molar refractivity (Wildman–Crippen MR) is 104 cm³/mol. The number of rotatable bonds is 8. The van der Waals surface area contributed by atoms with E-state index in [0.717, 1.165) is 0 Å². The lowest BCUT2D eigenvalue weighted by atomic mass is 10.1. The summed E-state index contributed by atoms with van der Waals surface area (Å²) < 4.78 is 1.58. The molecule has 0 unspecified atom stereocenters. The van der Waals surface area contributed by atoms with Crippen molar-refractivity contribution in [3.05, 3.63) is 78.4 Å². The third-order valence-corrected chi connectivity index (χ3v) is 4.59. The van der Waals surface area contributed by atoms with Crippen LogP contribution in [0.5, 0.6) is 0 Å². The minimum Gasteiger partial charge on any atom is -0.322 e. The van der Waals surface area contributed by atoms with E-state index in [1.54, 1.807) is 59.3 Å². The van der Waals surface area contributed by atoms with Crippen LogP contribution in [0.4, 0.5) is 5.69 Å². The van der Waals surface area contributed by atoms with Crippen LogP contribution in [0.3, 0.4) is 0 Å². The molecule has 7 nitrogen and oxygen atoms in total. The fraction of sp³-hybridized carbons (Fsp3) is 0.105. The van der Waals surface area contributed by atoms with Crippen LogP contribution in [-0.4, -0.2) is 37.7 Å². The summed E-state index contributed by atoms with van der Waals surface area (Å²) in [7, 11) is 0. The van der Waals surface area contributed by atoms with Gasteiger partial charge in [-0.05, 0) is 46.8 Å². The lowest BCUT2D eigenvalue weighted by Gasteiger charge is -2.06. The molecule has 0 saturated carbocycles. The fourth-order valence-electron chi connectivity index (χ4n) is 2.28. The summed E-state index contributed by atoms with van der Waals surface area (Å²) in [4.78, 5) is 24.5. The average molecular weight is 379 g/mol. The summed E-state index contributed by atoms with van der Waals surface area (Å²) in [6.07, 6.45) is 1.69. The molecule has 0 spiro atoms. The highest BCUT2D eigenvalue weighted by atomic mass is 32.2. The maximum atomic E-state index is 12.4. The molecule has 0 bridgehead atoms. The van der Waals surface area contributed by atoms with Gasteiger partial charge in [-0.3, -0.25) is 9.59 Å². The quantitative estimate of drug-likeness (QED) is 0.367. The molecule has 0 saturated heterocycles. The molecule has 0 aliphatic rings. The van der Waals surface area contributed by atoms with Crippen molar-refractivity contribution in [1.82, 2.24) is 20.2 Å². The number of nitrogens with one attached hydrogen (secondary N) is 1.